The molecule has 0 atom stereocenters. The van der Waals surface area contributed by atoms with Gasteiger partial charge < -0.3 is 15.6 Å². The van der Waals surface area contributed by atoms with E-state index in [9.17, 15) is 4.39 Å². The van der Waals surface area contributed by atoms with Gasteiger partial charge in [-0.1, -0.05) is 12.1 Å². The highest BCUT2D eigenvalue weighted by Gasteiger charge is 2.05. The Hall–Kier alpha value is -3.41. The molecule has 0 unspecified atom stereocenters. The molecule has 4 aromatic rings. The van der Waals surface area contributed by atoms with Gasteiger partial charge in [-0.15, -0.1) is 0 Å². The van der Waals surface area contributed by atoms with E-state index in [1.807, 2.05) is 36.5 Å². The summed E-state index contributed by atoms with van der Waals surface area (Å²) >= 11 is 0. The first-order valence-corrected chi connectivity index (χ1v) is 7.85. The highest BCUT2D eigenvalue weighted by molar-refractivity contribution is 5.84. The number of nitrogens with two attached hydrogens (primary N) is 1. The number of nitrogen functional groups attached to an aromatic ring is 1. The van der Waals surface area contributed by atoms with E-state index >= 15 is 0 Å². The van der Waals surface area contributed by atoms with Gasteiger partial charge in [-0.3, -0.25) is 0 Å². The highest BCUT2D eigenvalue weighted by atomic mass is 19.1. The predicted octanol–water partition coefficient (Wildman–Crippen LogP) is 3.94. The minimum atomic E-state index is -0.218. The van der Waals surface area contributed by atoms with Crippen molar-refractivity contribution in [1.82, 2.24) is 14.5 Å². The van der Waals surface area contributed by atoms with Crippen LogP contribution in [0.1, 0.15) is 5.56 Å². The topological polar surface area (TPSA) is 68.8 Å². The van der Waals surface area contributed by atoms with Gasteiger partial charge in [0.25, 0.3) is 0 Å². The van der Waals surface area contributed by atoms with Crippen molar-refractivity contribution in [2.45, 2.75) is 6.54 Å². The monoisotopic (exact) mass is 333 g/mol. The van der Waals surface area contributed by atoms with Crippen molar-refractivity contribution < 1.29 is 4.39 Å². The third-order valence-electron chi connectivity index (χ3n) is 3.97. The van der Waals surface area contributed by atoms with Crippen LogP contribution >= 0.6 is 0 Å². The third kappa shape index (κ3) is 3.28. The number of hydrogen-bond acceptors (Lipinski definition) is 4. The Bertz CT molecular complexity index is 1040. The Balaban J connectivity index is 1.60. The molecule has 0 radical (unpaired) electrons. The molecule has 0 amide bonds. The van der Waals surface area contributed by atoms with Gasteiger partial charge in [0.05, 0.1) is 0 Å². The van der Waals surface area contributed by atoms with Crippen molar-refractivity contribution in [2.24, 2.45) is 0 Å². The maximum atomic E-state index is 13.4. The molecule has 0 saturated carbocycles. The molecule has 0 aliphatic rings. The van der Waals surface area contributed by atoms with E-state index in [0.717, 1.165) is 22.2 Å². The van der Waals surface area contributed by atoms with Crippen LogP contribution in [0.2, 0.25) is 0 Å². The van der Waals surface area contributed by atoms with Gasteiger partial charge >= 0.3 is 0 Å². The minimum absolute atomic E-state index is 0.218. The zero-order valence-corrected chi connectivity index (χ0v) is 13.4. The molecule has 2 aromatic heterocycles. The van der Waals surface area contributed by atoms with Gasteiger partial charge in [0.1, 0.15) is 23.8 Å². The number of anilines is 3. The Kier molecular flexibility index (Phi) is 3.78. The van der Waals surface area contributed by atoms with Crippen molar-refractivity contribution in [3.8, 4) is 0 Å². The van der Waals surface area contributed by atoms with Gasteiger partial charge in [0.15, 0.2) is 0 Å². The first-order chi connectivity index (χ1) is 12.2. The molecule has 6 heteroatoms. The second-order valence-electron chi connectivity index (χ2n) is 5.80. The van der Waals surface area contributed by atoms with Crippen LogP contribution in [0.5, 0.6) is 0 Å². The molecule has 0 spiro atoms. The van der Waals surface area contributed by atoms with Crippen LogP contribution in [0.4, 0.5) is 21.7 Å². The van der Waals surface area contributed by atoms with E-state index in [2.05, 4.69) is 19.9 Å². The maximum absolute atomic E-state index is 13.4. The average molecular weight is 333 g/mol. The van der Waals surface area contributed by atoms with Gasteiger partial charge in [-0.2, -0.15) is 0 Å². The summed E-state index contributed by atoms with van der Waals surface area (Å²) in [4.78, 5) is 8.02. The Morgan fingerprint density at radius 1 is 1.04 bits per heavy atom. The summed E-state index contributed by atoms with van der Waals surface area (Å²) in [5.41, 5.74) is 8.59. The largest absolute Gasteiger partial charge is 0.384 e. The number of aromatic nitrogens is 3. The molecule has 3 N–H and O–H groups in total. The summed E-state index contributed by atoms with van der Waals surface area (Å²) in [5, 5.41) is 4.30. The molecular formula is C19H16FN5. The standard InChI is InChI=1S/C19H16FN5/c20-15-3-1-2-13(8-15)11-25-7-6-14-9-16(4-5-17(14)25)24-19-10-18(21)22-12-23-19/h1-10,12H,11H2,(H3,21,22,23,24). The second kappa shape index (κ2) is 6.24. The lowest BCUT2D eigenvalue weighted by Crippen LogP contribution is -1.99. The molecule has 0 aliphatic carbocycles. The lowest BCUT2D eigenvalue weighted by Gasteiger charge is -2.08. The molecule has 25 heavy (non-hydrogen) atoms. The van der Waals surface area contributed by atoms with Crippen molar-refractivity contribution in [3.05, 3.63) is 78.5 Å². The molecular weight excluding hydrogens is 317 g/mol. The van der Waals surface area contributed by atoms with Crippen molar-refractivity contribution in [2.75, 3.05) is 11.1 Å². The summed E-state index contributed by atoms with van der Waals surface area (Å²) in [6, 6.07) is 16.4. The predicted molar refractivity (Wildman–Crippen MR) is 97.2 cm³/mol. The average Bonchev–Trinajstić information content (AvgIpc) is 2.97. The van der Waals surface area contributed by atoms with Crippen LogP contribution < -0.4 is 11.1 Å². The van der Waals surface area contributed by atoms with E-state index in [-0.39, 0.29) is 5.82 Å². The molecule has 0 aliphatic heterocycles. The second-order valence-corrected chi connectivity index (χ2v) is 5.80. The van der Waals surface area contributed by atoms with Gasteiger partial charge in [0, 0.05) is 35.4 Å². The van der Waals surface area contributed by atoms with Gasteiger partial charge in [-0.05, 0) is 42.0 Å². The summed E-state index contributed by atoms with van der Waals surface area (Å²) in [6.45, 7) is 0.622. The van der Waals surface area contributed by atoms with Crippen LogP contribution in [-0.4, -0.2) is 14.5 Å². The quantitative estimate of drug-likeness (QED) is 0.593. The molecule has 4 rings (SSSR count). The van der Waals surface area contributed by atoms with Crippen LogP contribution in [0.25, 0.3) is 10.9 Å². The number of hydrogen-bond donors (Lipinski definition) is 2. The number of benzene rings is 2. The fraction of sp³-hybridized carbons (Fsp3) is 0.0526. The van der Waals surface area contributed by atoms with E-state index in [1.54, 1.807) is 18.2 Å². The van der Waals surface area contributed by atoms with Gasteiger partial charge in [-0.25, -0.2) is 14.4 Å². The zero-order chi connectivity index (χ0) is 17.2. The van der Waals surface area contributed by atoms with Crippen LogP contribution in [0.3, 0.4) is 0 Å². The molecule has 124 valence electrons. The highest BCUT2D eigenvalue weighted by Crippen LogP contribution is 2.23. The number of nitrogens with one attached hydrogen (secondary N) is 1. The number of nitrogens with zero attached hydrogens (tertiary/aromatic N) is 3. The Morgan fingerprint density at radius 3 is 2.80 bits per heavy atom. The van der Waals surface area contributed by atoms with Crippen LogP contribution in [0.15, 0.2) is 67.1 Å². The lowest BCUT2D eigenvalue weighted by molar-refractivity contribution is 0.624. The van der Waals surface area contributed by atoms with Crippen LogP contribution in [-0.2, 0) is 6.54 Å². The smallest absolute Gasteiger partial charge is 0.135 e. The Labute approximate surface area is 144 Å². The van der Waals surface area contributed by atoms with Crippen LogP contribution in [0, 0.1) is 5.82 Å². The number of halogens is 1. The first-order valence-electron chi connectivity index (χ1n) is 7.85. The summed E-state index contributed by atoms with van der Waals surface area (Å²) in [6.07, 6.45) is 3.42. The lowest BCUT2D eigenvalue weighted by atomic mass is 10.2. The fourth-order valence-electron chi connectivity index (χ4n) is 2.84. The van der Waals surface area contributed by atoms with Crippen molar-refractivity contribution in [3.63, 3.8) is 0 Å². The van der Waals surface area contributed by atoms with E-state index in [4.69, 9.17) is 5.73 Å². The zero-order valence-electron chi connectivity index (χ0n) is 13.4. The minimum Gasteiger partial charge on any atom is -0.384 e. The van der Waals surface area contributed by atoms with Crippen molar-refractivity contribution in [1.29, 1.82) is 0 Å². The van der Waals surface area contributed by atoms with Crippen molar-refractivity contribution >= 4 is 28.2 Å². The summed E-state index contributed by atoms with van der Waals surface area (Å²) < 4.78 is 15.5. The molecule has 0 saturated heterocycles. The molecule has 2 aromatic carbocycles. The Morgan fingerprint density at radius 2 is 1.96 bits per heavy atom. The van der Waals surface area contributed by atoms with E-state index in [1.165, 1.54) is 12.4 Å². The number of fused-ring (bicyclic) bond motifs is 1. The summed E-state index contributed by atoms with van der Waals surface area (Å²) in [7, 11) is 0. The molecule has 0 bridgehead atoms. The van der Waals surface area contributed by atoms with Gasteiger partial charge in [0.2, 0.25) is 0 Å². The molecule has 0 fully saturated rings. The molecule has 5 nitrogen and oxygen atoms in total. The summed E-state index contributed by atoms with van der Waals surface area (Å²) in [5.74, 6) is 0.843. The SMILES string of the molecule is Nc1cc(Nc2ccc3c(ccn3Cc3cccc(F)c3)c2)ncn1. The normalized spacial score (nSPS) is 10.9. The third-order valence-corrected chi connectivity index (χ3v) is 3.97. The first kappa shape index (κ1) is 15.1. The maximum Gasteiger partial charge on any atom is 0.135 e. The number of rotatable bonds is 4. The van der Waals surface area contributed by atoms with E-state index in [0.29, 0.717) is 18.2 Å². The van der Waals surface area contributed by atoms with E-state index < -0.39 is 0 Å². The molecule has 2 heterocycles. The fourth-order valence-corrected chi connectivity index (χ4v) is 2.84.